The van der Waals surface area contributed by atoms with Crippen molar-refractivity contribution in [2.75, 3.05) is 37.0 Å². The van der Waals surface area contributed by atoms with Crippen LogP contribution in [0.3, 0.4) is 0 Å². The molecule has 1 saturated heterocycles. The Labute approximate surface area is 81.0 Å². The average Bonchev–Trinajstić information content (AvgIpc) is 2.09. The zero-order valence-corrected chi connectivity index (χ0v) is 8.61. The summed E-state index contributed by atoms with van der Waals surface area (Å²) in [6.07, 6.45) is 4.02. The predicted octanol–water partition coefficient (Wildman–Crippen LogP) is 0.846. The number of halogens is 1. The topological polar surface area (TPSA) is 20.3 Å². The zero-order chi connectivity index (χ0) is 8.81. The molecule has 2 nitrogen and oxygen atoms in total. The first kappa shape index (κ1) is 10.2. The minimum absolute atomic E-state index is 0.560. The van der Waals surface area contributed by atoms with E-state index in [1.165, 1.54) is 0 Å². The van der Waals surface area contributed by atoms with Crippen molar-refractivity contribution < 1.29 is 4.21 Å². The van der Waals surface area contributed by atoms with Gasteiger partial charge in [0.2, 0.25) is 0 Å². The summed E-state index contributed by atoms with van der Waals surface area (Å²) >= 11 is 5.49. The summed E-state index contributed by atoms with van der Waals surface area (Å²) in [6, 6.07) is 0. The lowest BCUT2D eigenvalue weighted by molar-refractivity contribution is 0.332. The second kappa shape index (κ2) is 5.73. The molecule has 0 saturated carbocycles. The van der Waals surface area contributed by atoms with Crippen molar-refractivity contribution in [3.05, 3.63) is 12.2 Å². The van der Waals surface area contributed by atoms with Crippen LogP contribution < -0.4 is 0 Å². The van der Waals surface area contributed by atoms with Crippen molar-refractivity contribution >= 4 is 22.4 Å². The van der Waals surface area contributed by atoms with Crippen LogP contribution in [0.4, 0.5) is 0 Å². The van der Waals surface area contributed by atoms with Crippen LogP contribution in [0.1, 0.15) is 0 Å². The van der Waals surface area contributed by atoms with Gasteiger partial charge in [-0.05, 0) is 0 Å². The molecule has 0 aromatic heterocycles. The average molecular weight is 208 g/mol. The van der Waals surface area contributed by atoms with Crippen molar-refractivity contribution in [2.24, 2.45) is 0 Å². The molecule has 1 aliphatic heterocycles. The minimum Gasteiger partial charge on any atom is -0.298 e. The SMILES string of the molecule is O=S1CCN(CC=CCCl)CC1. The van der Waals surface area contributed by atoms with Gasteiger partial charge in [0.1, 0.15) is 0 Å². The number of allylic oxidation sites excluding steroid dienone is 1. The van der Waals surface area contributed by atoms with Gasteiger partial charge in [-0.15, -0.1) is 11.6 Å². The molecule has 1 fully saturated rings. The molecule has 0 spiro atoms. The molecule has 1 heterocycles. The third kappa shape index (κ3) is 3.70. The maximum Gasteiger partial charge on any atom is 0.0404 e. The van der Waals surface area contributed by atoms with Gasteiger partial charge in [0.15, 0.2) is 0 Å². The summed E-state index contributed by atoms with van der Waals surface area (Å²) in [7, 11) is -0.560. The molecule has 1 aliphatic rings. The van der Waals surface area contributed by atoms with Gasteiger partial charge in [-0.2, -0.15) is 0 Å². The fourth-order valence-electron chi connectivity index (χ4n) is 1.14. The molecule has 4 heteroatoms. The quantitative estimate of drug-likeness (QED) is 0.505. The normalized spacial score (nSPS) is 22.1. The van der Waals surface area contributed by atoms with Crippen molar-refractivity contribution in [1.82, 2.24) is 4.90 Å². The Kier molecular flexibility index (Phi) is 4.88. The lowest BCUT2D eigenvalue weighted by atomic mass is 10.4. The maximum absolute atomic E-state index is 11.0. The Hall–Kier alpha value is 0.140. The van der Waals surface area contributed by atoms with Gasteiger partial charge < -0.3 is 0 Å². The summed E-state index contributed by atoms with van der Waals surface area (Å²) in [6.45, 7) is 2.86. The first-order chi connectivity index (χ1) is 5.83. The summed E-state index contributed by atoms with van der Waals surface area (Å²) in [5, 5.41) is 0. The smallest absolute Gasteiger partial charge is 0.0404 e. The van der Waals surface area contributed by atoms with Crippen LogP contribution in [0.25, 0.3) is 0 Å². The van der Waals surface area contributed by atoms with Gasteiger partial charge in [-0.1, -0.05) is 12.2 Å². The monoisotopic (exact) mass is 207 g/mol. The van der Waals surface area contributed by atoms with Gasteiger partial charge in [0.25, 0.3) is 0 Å². The van der Waals surface area contributed by atoms with Gasteiger partial charge in [0, 0.05) is 47.8 Å². The Morgan fingerprint density at radius 3 is 2.58 bits per heavy atom. The van der Waals surface area contributed by atoms with Crippen molar-refractivity contribution in [3.63, 3.8) is 0 Å². The van der Waals surface area contributed by atoms with Crippen LogP contribution in [-0.4, -0.2) is 46.1 Å². The first-order valence-electron chi connectivity index (χ1n) is 4.11. The Morgan fingerprint density at radius 2 is 2.00 bits per heavy atom. The molecular formula is C8H14ClNOS. The fraction of sp³-hybridized carbons (Fsp3) is 0.750. The molecule has 0 aromatic rings. The predicted molar refractivity (Wildman–Crippen MR) is 54.2 cm³/mol. The second-order valence-corrected chi connectivity index (χ2v) is 4.78. The molecule has 0 amide bonds. The first-order valence-corrected chi connectivity index (χ1v) is 6.13. The van der Waals surface area contributed by atoms with Crippen molar-refractivity contribution in [1.29, 1.82) is 0 Å². The largest absolute Gasteiger partial charge is 0.298 e. The Balaban J connectivity index is 2.17. The highest BCUT2D eigenvalue weighted by atomic mass is 35.5. The number of hydrogen-bond acceptors (Lipinski definition) is 2. The minimum atomic E-state index is -0.560. The molecule has 0 bridgehead atoms. The summed E-state index contributed by atoms with van der Waals surface area (Å²) in [5.74, 6) is 2.24. The van der Waals surface area contributed by atoms with E-state index in [4.69, 9.17) is 11.6 Å². The van der Waals surface area contributed by atoms with Crippen molar-refractivity contribution in [3.8, 4) is 0 Å². The van der Waals surface area contributed by atoms with Gasteiger partial charge >= 0.3 is 0 Å². The highest BCUT2D eigenvalue weighted by Gasteiger charge is 2.12. The second-order valence-electron chi connectivity index (χ2n) is 2.77. The Bertz CT molecular complexity index is 174. The highest BCUT2D eigenvalue weighted by molar-refractivity contribution is 7.85. The fourth-order valence-corrected chi connectivity index (χ4v) is 2.40. The summed E-state index contributed by atoms with van der Waals surface area (Å²) < 4.78 is 11.0. The zero-order valence-electron chi connectivity index (χ0n) is 7.04. The van der Waals surface area contributed by atoms with Crippen LogP contribution in [0.2, 0.25) is 0 Å². The van der Waals surface area contributed by atoms with Crippen molar-refractivity contribution in [2.45, 2.75) is 0 Å². The van der Waals surface area contributed by atoms with Gasteiger partial charge in [-0.3, -0.25) is 9.11 Å². The molecule has 0 N–H and O–H groups in total. The van der Waals surface area contributed by atoms with Gasteiger partial charge in [-0.25, -0.2) is 0 Å². The highest BCUT2D eigenvalue weighted by Crippen LogP contribution is 1.99. The van der Waals surface area contributed by atoms with E-state index in [0.29, 0.717) is 5.88 Å². The van der Waals surface area contributed by atoms with E-state index < -0.39 is 10.8 Å². The molecular weight excluding hydrogens is 194 g/mol. The lowest BCUT2D eigenvalue weighted by Crippen LogP contribution is -2.37. The molecule has 0 aliphatic carbocycles. The molecule has 0 radical (unpaired) electrons. The standard InChI is InChI=1S/C8H14ClNOS/c9-3-1-2-4-10-5-7-12(11)8-6-10/h1-2H,3-8H2. The number of nitrogens with zero attached hydrogens (tertiary/aromatic N) is 1. The van der Waals surface area contributed by atoms with E-state index in [1.807, 2.05) is 6.08 Å². The van der Waals surface area contributed by atoms with Crippen LogP contribution in [-0.2, 0) is 10.8 Å². The number of rotatable bonds is 3. The van der Waals surface area contributed by atoms with E-state index >= 15 is 0 Å². The van der Waals surface area contributed by atoms with Crippen LogP contribution in [0.15, 0.2) is 12.2 Å². The molecule has 12 heavy (non-hydrogen) atoms. The van der Waals surface area contributed by atoms with E-state index in [1.54, 1.807) is 0 Å². The summed E-state index contributed by atoms with van der Waals surface area (Å²) in [4.78, 5) is 2.30. The maximum atomic E-state index is 11.0. The van der Waals surface area contributed by atoms with E-state index in [-0.39, 0.29) is 0 Å². The molecule has 0 atom stereocenters. The van der Waals surface area contributed by atoms with E-state index in [2.05, 4.69) is 11.0 Å². The van der Waals surface area contributed by atoms with Gasteiger partial charge in [0.05, 0.1) is 0 Å². The van der Waals surface area contributed by atoms with Crippen LogP contribution in [0.5, 0.6) is 0 Å². The molecule has 0 aromatic carbocycles. The molecule has 70 valence electrons. The number of alkyl halides is 1. The molecule has 1 rings (SSSR count). The van der Waals surface area contributed by atoms with E-state index in [0.717, 1.165) is 31.1 Å². The molecule has 0 unspecified atom stereocenters. The van der Waals surface area contributed by atoms with E-state index in [9.17, 15) is 4.21 Å². The Morgan fingerprint density at radius 1 is 1.33 bits per heavy atom. The lowest BCUT2D eigenvalue weighted by Gasteiger charge is -2.24. The third-order valence-electron chi connectivity index (χ3n) is 1.89. The van der Waals surface area contributed by atoms with Crippen LogP contribution >= 0.6 is 11.6 Å². The third-order valence-corrected chi connectivity index (χ3v) is 3.34. The summed E-state index contributed by atoms with van der Waals surface area (Å²) in [5.41, 5.74) is 0. The number of hydrogen-bond donors (Lipinski definition) is 0. The van der Waals surface area contributed by atoms with Crippen LogP contribution in [0, 0.1) is 0 Å².